The van der Waals surface area contributed by atoms with Gasteiger partial charge in [-0.2, -0.15) is 0 Å². The van der Waals surface area contributed by atoms with Gasteiger partial charge in [-0.3, -0.25) is 9.88 Å². The molecule has 0 spiro atoms. The first-order valence-electron chi connectivity index (χ1n) is 9.50. The van der Waals surface area contributed by atoms with Gasteiger partial charge in [0.25, 0.3) is 0 Å². The molecule has 144 valence electrons. The summed E-state index contributed by atoms with van der Waals surface area (Å²) in [5.74, 6) is -0.843. The number of hydrogen-bond donors (Lipinski definition) is 1. The van der Waals surface area contributed by atoms with Crippen LogP contribution in [0.2, 0.25) is 0 Å². The van der Waals surface area contributed by atoms with Gasteiger partial charge in [0.15, 0.2) is 0 Å². The summed E-state index contributed by atoms with van der Waals surface area (Å²) in [5.41, 5.74) is 1.48. The van der Waals surface area contributed by atoms with Gasteiger partial charge in [0.2, 0.25) is 0 Å². The third kappa shape index (κ3) is 4.04. The smallest absolute Gasteiger partial charge is 0.341 e. The van der Waals surface area contributed by atoms with Crippen molar-refractivity contribution < 1.29 is 18.7 Å². The normalized spacial score (nSPS) is 20.6. The summed E-state index contributed by atoms with van der Waals surface area (Å²) in [6.07, 6.45) is 4.04. The minimum Gasteiger partial charge on any atom is -0.462 e. The number of hydrogen-bond acceptors (Lipinski definition) is 6. The number of esters is 1. The van der Waals surface area contributed by atoms with Crippen molar-refractivity contribution in [3.8, 4) is 0 Å². The third-order valence-corrected chi connectivity index (χ3v) is 5.07. The highest BCUT2D eigenvalue weighted by atomic mass is 19.1. The Kier molecular flexibility index (Phi) is 5.22. The number of benzene rings is 1. The molecule has 1 unspecified atom stereocenters. The van der Waals surface area contributed by atoms with Gasteiger partial charge in [-0.05, 0) is 38.0 Å². The number of carbonyl (C=O) groups is 1. The van der Waals surface area contributed by atoms with Crippen molar-refractivity contribution >= 4 is 22.6 Å². The number of pyridine rings is 1. The monoisotopic (exact) mass is 373 g/mol. The maximum absolute atomic E-state index is 13.8. The molecule has 6 nitrogen and oxygen atoms in total. The first kappa shape index (κ1) is 18.1. The van der Waals surface area contributed by atoms with E-state index in [1.165, 1.54) is 31.2 Å². The molecule has 1 aromatic heterocycles. The molecule has 1 saturated heterocycles. The van der Waals surface area contributed by atoms with Crippen LogP contribution in [0.4, 0.5) is 10.1 Å². The molecule has 1 aliphatic carbocycles. The summed E-state index contributed by atoms with van der Waals surface area (Å²) in [4.78, 5) is 19.1. The van der Waals surface area contributed by atoms with E-state index in [4.69, 9.17) is 9.47 Å². The van der Waals surface area contributed by atoms with Crippen LogP contribution in [0.5, 0.6) is 0 Å². The number of anilines is 1. The molecule has 2 aliphatic rings. The Bertz CT molecular complexity index is 841. The molecule has 0 amide bonds. The highest BCUT2D eigenvalue weighted by molar-refractivity contribution is 6.04. The van der Waals surface area contributed by atoms with Gasteiger partial charge in [-0.1, -0.05) is 0 Å². The molecule has 1 N–H and O–H groups in total. The number of halogens is 1. The molecule has 0 radical (unpaired) electrons. The van der Waals surface area contributed by atoms with Crippen molar-refractivity contribution in [3.63, 3.8) is 0 Å². The third-order valence-electron chi connectivity index (χ3n) is 5.07. The van der Waals surface area contributed by atoms with Crippen LogP contribution in [0.1, 0.15) is 30.1 Å². The maximum Gasteiger partial charge on any atom is 0.341 e. The van der Waals surface area contributed by atoms with E-state index in [2.05, 4.69) is 15.2 Å². The topological polar surface area (TPSA) is 63.7 Å². The van der Waals surface area contributed by atoms with Crippen LogP contribution in [-0.4, -0.2) is 60.8 Å². The Morgan fingerprint density at radius 2 is 2.30 bits per heavy atom. The van der Waals surface area contributed by atoms with E-state index in [0.29, 0.717) is 41.3 Å². The number of rotatable bonds is 6. The standard InChI is InChI=1S/C20H24FN3O3/c1-2-26-20(25)17-11-22-18-6-3-13(21)9-16(18)19(17)23-10-15-12-24(7-8-27-15)14-4-5-14/h3,6,9,11,14-15H,2,4-5,7-8,10,12H2,1H3,(H,22,23). The average Bonchev–Trinajstić information content (AvgIpc) is 3.51. The van der Waals surface area contributed by atoms with Crippen LogP contribution in [-0.2, 0) is 9.47 Å². The molecule has 1 atom stereocenters. The zero-order valence-corrected chi connectivity index (χ0v) is 15.4. The SMILES string of the molecule is CCOC(=O)c1cnc2ccc(F)cc2c1NCC1CN(C2CC2)CCO1. The molecule has 0 bridgehead atoms. The molecule has 1 aromatic carbocycles. The number of ether oxygens (including phenoxy) is 2. The zero-order chi connectivity index (χ0) is 18.8. The van der Waals surface area contributed by atoms with Crippen molar-refractivity contribution in [2.24, 2.45) is 0 Å². The van der Waals surface area contributed by atoms with E-state index in [-0.39, 0.29) is 18.5 Å². The van der Waals surface area contributed by atoms with Gasteiger partial charge in [-0.25, -0.2) is 9.18 Å². The van der Waals surface area contributed by atoms with Gasteiger partial charge in [0.05, 0.1) is 30.5 Å². The number of morpholine rings is 1. The lowest BCUT2D eigenvalue weighted by molar-refractivity contribution is -0.0241. The van der Waals surface area contributed by atoms with Crippen LogP contribution in [0.25, 0.3) is 10.9 Å². The molecule has 2 heterocycles. The lowest BCUT2D eigenvalue weighted by Crippen LogP contribution is -2.46. The first-order chi connectivity index (χ1) is 13.2. The van der Waals surface area contributed by atoms with E-state index < -0.39 is 5.97 Å². The largest absolute Gasteiger partial charge is 0.462 e. The van der Waals surface area contributed by atoms with Gasteiger partial charge < -0.3 is 14.8 Å². The quantitative estimate of drug-likeness (QED) is 0.786. The second-order valence-corrected chi connectivity index (χ2v) is 7.03. The fourth-order valence-corrected chi connectivity index (χ4v) is 3.57. The number of aromatic nitrogens is 1. The Labute approximate surface area is 157 Å². The lowest BCUT2D eigenvalue weighted by Gasteiger charge is -2.33. The molecule has 7 heteroatoms. The van der Waals surface area contributed by atoms with Gasteiger partial charge in [-0.15, -0.1) is 0 Å². The van der Waals surface area contributed by atoms with Crippen molar-refractivity contribution in [1.29, 1.82) is 0 Å². The molecule has 1 saturated carbocycles. The molecular weight excluding hydrogens is 349 g/mol. The van der Waals surface area contributed by atoms with Gasteiger partial charge in [0.1, 0.15) is 11.4 Å². The minimum absolute atomic E-state index is 0.0196. The van der Waals surface area contributed by atoms with Crippen LogP contribution in [0.15, 0.2) is 24.4 Å². The van der Waals surface area contributed by atoms with Crippen molar-refractivity contribution in [2.75, 3.05) is 38.2 Å². The Morgan fingerprint density at radius 3 is 3.07 bits per heavy atom. The first-order valence-corrected chi connectivity index (χ1v) is 9.50. The molecule has 2 fully saturated rings. The fraction of sp³-hybridized carbons (Fsp3) is 0.500. The molecule has 27 heavy (non-hydrogen) atoms. The highest BCUT2D eigenvalue weighted by Gasteiger charge is 2.33. The zero-order valence-electron chi connectivity index (χ0n) is 15.4. The number of nitrogens with zero attached hydrogens (tertiary/aromatic N) is 2. The van der Waals surface area contributed by atoms with E-state index >= 15 is 0 Å². The molecule has 4 rings (SSSR count). The summed E-state index contributed by atoms with van der Waals surface area (Å²) in [6, 6.07) is 5.06. The van der Waals surface area contributed by atoms with Crippen molar-refractivity contribution in [1.82, 2.24) is 9.88 Å². The van der Waals surface area contributed by atoms with E-state index in [1.807, 2.05) is 0 Å². The Hall–Kier alpha value is -2.25. The number of nitrogens with one attached hydrogen (secondary N) is 1. The van der Waals surface area contributed by atoms with Crippen LogP contribution in [0, 0.1) is 5.82 Å². The van der Waals surface area contributed by atoms with Crippen molar-refractivity contribution in [3.05, 3.63) is 35.8 Å². The second kappa shape index (κ2) is 7.78. The van der Waals surface area contributed by atoms with Crippen LogP contribution in [0.3, 0.4) is 0 Å². The maximum atomic E-state index is 13.8. The summed E-state index contributed by atoms with van der Waals surface area (Å²) >= 11 is 0. The van der Waals surface area contributed by atoms with Gasteiger partial charge in [0, 0.05) is 37.3 Å². The second-order valence-electron chi connectivity index (χ2n) is 7.03. The number of fused-ring (bicyclic) bond motifs is 1. The number of carbonyl (C=O) groups excluding carboxylic acids is 1. The van der Waals surface area contributed by atoms with Gasteiger partial charge >= 0.3 is 5.97 Å². The summed E-state index contributed by atoms with van der Waals surface area (Å²) in [6.45, 7) is 5.09. The molecule has 1 aliphatic heterocycles. The minimum atomic E-state index is -0.470. The Morgan fingerprint density at radius 1 is 1.44 bits per heavy atom. The van der Waals surface area contributed by atoms with Crippen molar-refractivity contribution in [2.45, 2.75) is 31.9 Å². The summed E-state index contributed by atoms with van der Waals surface area (Å²) in [7, 11) is 0. The van der Waals surface area contributed by atoms with E-state index in [1.54, 1.807) is 13.0 Å². The fourth-order valence-electron chi connectivity index (χ4n) is 3.57. The van der Waals surface area contributed by atoms with Crippen LogP contribution >= 0.6 is 0 Å². The molecule has 2 aromatic rings. The Balaban J connectivity index is 1.58. The lowest BCUT2D eigenvalue weighted by atomic mass is 10.1. The predicted molar refractivity (Wildman–Crippen MR) is 100 cm³/mol. The van der Waals surface area contributed by atoms with E-state index in [9.17, 15) is 9.18 Å². The average molecular weight is 373 g/mol. The summed E-state index contributed by atoms with van der Waals surface area (Å²) < 4.78 is 24.9. The predicted octanol–water partition coefficient (Wildman–Crippen LogP) is 2.83. The van der Waals surface area contributed by atoms with E-state index in [0.717, 1.165) is 13.1 Å². The highest BCUT2D eigenvalue weighted by Crippen LogP contribution is 2.30. The molecular formula is C20H24FN3O3. The van der Waals surface area contributed by atoms with Crippen LogP contribution < -0.4 is 5.32 Å². The summed E-state index contributed by atoms with van der Waals surface area (Å²) in [5, 5.41) is 3.88.